The Bertz CT molecular complexity index is 220. The Kier molecular flexibility index (Phi) is 2.28. The molecule has 0 saturated heterocycles. The zero-order valence-electron chi connectivity index (χ0n) is 6.06. The van der Waals surface area contributed by atoms with E-state index in [0.717, 1.165) is 5.69 Å². The van der Waals surface area contributed by atoms with Gasteiger partial charge in [0.2, 0.25) is 0 Å². The normalized spacial score (nSPS) is 10.4. The van der Waals surface area contributed by atoms with Crippen molar-refractivity contribution >= 4 is 11.6 Å². The van der Waals surface area contributed by atoms with Crippen molar-refractivity contribution in [3.8, 4) is 0 Å². The molecule has 1 aromatic heterocycles. The fourth-order valence-electron chi connectivity index (χ4n) is 0.700. The molecule has 1 nitrogen and oxygen atoms in total. The quantitative estimate of drug-likeness (QED) is 0.567. The van der Waals surface area contributed by atoms with Gasteiger partial charge in [-0.25, -0.2) is 4.98 Å². The molecule has 53 valence electrons. The summed E-state index contributed by atoms with van der Waals surface area (Å²) in [5.41, 5.74) is 1.02. The second-order valence-corrected chi connectivity index (χ2v) is 2.82. The molecule has 0 N–H and O–H groups in total. The summed E-state index contributed by atoms with van der Waals surface area (Å²) >= 11 is 5.62. The molecular weight excluding hydrogens is 146 g/mol. The van der Waals surface area contributed by atoms with E-state index in [4.69, 9.17) is 11.6 Å². The van der Waals surface area contributed by atoms with E-state index in [2.05, 4.69) is 24.9 Å². The van der Waals surface area contributed by atoms with Gasteiger partial charge in [0.25, 0.3) is 0 Å². The molecule has 0 aliphatic carbocycles. The predicted octanol–water partition coefficient (Wildman–Crippen LogP) is 2.66. The summed E-state index contributed by atoms with van der Waals surface area (Å²) in [6.45, 7) is 4.16. The second-order valence-electron chi connectivity index (χ2n) is 2.46. The number of hydrogen-bond acceptors (Lipinski definition) is 1. The van der Waals surface area contributed by atoms with Gasteiger partial charge in [0.15, 0.2) is 0 Å². The summed E-state index contributed by atoms with van der Waals surface area (Å²) in [4.78, 5) is 4.08. The van der Waals surface area contributed by atoms with Gasteiger partial charge in [0, 0.05) is 11.8 Å². The molecular formula is C8H9ClN. The average molecular weight is 155 g/mol. The minimum absolute atomic E-state index is 0.437. The van der Waals surface area contributed by atoms with Crippen molar-refractivity contribution in [1.29, 1.82) is 0 Å². The largest absolute Gasteiger partial charge is 0.240 e. The standard InChI is InChI=1S/C8H9ClN/c1-6(2)7-4-3-5-8(9)10-7/h3-4,6H,1-2H3. The maximum absolute atomic E-state index is 5.62. The lowest BCUT2D eigenvalue weighted by Crippen LogP contribution is -1.90. The summed E-state index contributed by atoms with van der Waals surface area (Å²) in [6.07, 6.45) is 0. The van der Waals surface area contributed by atoms with Crippen molar-refractivity contribution in [2.75, 3.05) is 0 Å². The number of halogens is 1. The Morgan fingerprint density at radius 1 is 1.60 bits per heavy atom. The minimum Gasteiger partial charge on any atom is -0.240 e. The van der Waals surface area contributed by atoms with Gasteiger partial charge in [-0.2, -0.15) is 0 Å². The third-order valence-corrected chi connectivity index (χ3v) is 1.47. The van der Waals surface area contributed by atoms with E-state index in [1.54, 1.807) is 6.07 Å². The van der Waals surface area contributed by atoms with Gasteiger partial charge >= 0.3 is 0 Å². The number of pyridine rings is 1. The summed E-state index contributed by atoms with van der Waals surface area (Å²) in [6, 6.07) is 6.50. The molecule has 1 rings (SSSR count). The Hall–Kier alpha value is -0.560. The van der Waals surface area contributed by atoms with Crippen LogP contribution in [0.25, 0.3) is 0 Å². The van der Waals surface area contributed by atoms with Crippen LogP contribution in [-0.4, -0.2) is 4.98 Å². The molecule has 0 fully saturated rings. The van der Waals surface area contributed by atoms with Gasteiger partial charge in [-0.15, -0.1) is 0 Å². The first-order valence-electron chi connectivity index (χ1n) is 3.24. The first kappa shape index (κ1) is 7.55. The third kappa shape index (κ3) is 1.71. The molecule has 1 aromatic rings. The van der Waals surface area contributed by atoms with E-state index in [1.165, 1.54) is 0 Å². The summed E-state index contributed by atoms with van der Waals surface area (Å²) < 4.78 is 0. The van der Waals surface area contributed by atoms with E-state index in [1.807, 2.05) is 6.07 Å². The van der Waals surface area contributed by atoms with E-state index < -0.39 is 0 Å². The highest BCUT2D eigenvalue weighted by molar-refractivity contribution is 6.29. The van der Waals surface area contributed by atoms with Gasteiger partial charge in [-0.05, 0) is 18.1 Å². The van der Waals surface area contributed by atoms with Crippen molar-refractivity contribution in [2.24, 2.45) is 0 Å². The van der Waals surface area contributed by atoms with Crippen LogP contribution in [0.2, 0.25) is 5.15 Å². The molecule has 2 heteroatoms. The molecule has 0 unspecified atom stereocenters. The van der Waals surface area contributed by atoms with Crippen LogP contribution < -0.4 is 0 Å². The molecule has 0 amide bonds. The van der Waals surface area contributed by atoms with Crippen LogP contribution in [0.3, 0.4) is 0 Å². The van der Waals surface area contributed by atoms with Crippen LogP contribution in [0.5, 0.6) is 0 Å². The Balaban J connectivity index is 2.96. The minimum atomic E-state index is 0.437. The van der Waals surface area contributed by atoms with Crippen molar-refractivity contribution in [2.45, 2.75) is 19.8 Å². The highest BCUT2D eigenvalue weighted by Gasteiger charge is 1.99. The van der Waals surface area contributed by atoms with Gasteiger partial charge in [-0.1, -0.05) is 25.4 Å². The highest BCUT2D eigenvalue weighted by Crippen LogP contribution is 2.12. The summed E-state index contributed by atoms with van der Waals surface area (Å²) in [7, 11) is 0. The molecule has 0 bridgehead atoms. The lowest BCUT2D eigenvalue weighted by Gasteiger charge is -2.01. The van der Waals surface area contributed by atoms with E-state index in [9.17, 15) is 0 Å². The first-order chi connectivity index (χ1) is 4.70. The number of rotatable bonds is 1. The zero-order valence-corrected chi connectivity index (χ0v) is 6.81. The fourth-order valence-corrected chi connectivity index (χ4v) is 0.861. The van der Waals surface area contributed by atoms with Crippen LogP contribution in [0.1, 0.15) is 25.5 Å². The van der Waals surface area contributed by atoms with Crippen molar-refractivity contribution in [3.63, 3.8) is 0 Å². The predicted molar refractivity (Wildman–Crippen MR) is 42.2 cm³/mol. The lowest BCUT2D eigenvalue weighted by atomic mass is 10.1. The molecule has 0 aliphatic rings. The van der Waals surface area contributed by atoms with Gasteiger partial charge in [0.1, 0.15) is 5.15 Å². The highest BCUT2D eigenvalue weighted by atomic mass is 35.5. The van der Waals surface area contributed by atoms with Crippen molar-refractivity contribution in [1.82, 2.24) is 4.98 Å². The summed E-state index contributed by atoms with van der Waals surface area (Å²) in [5.74, 6) is 0.437. The lowest BCUT2D eigenvalue weighted by molar-refractivity contribution is 0.823. The molecule has 0 aliphatic heterocycles. The van der Waals surface area contributed by atoms with Crippen molar-refractivity contribution < 1.29 is 0 Å². The Morgan fingerprint density at radius 3 is 2.70 bits per heavy atom. The van der Waals surface area contributed by atoms with Crippen LogP contribution in [0.4, 0.5) is 0 Å². The number of hydrogen-bond donors (Lipinski definition) is 0. The summed E-state index contributed by atoms with van der Waals surface area (Å²) in [5, 5.41) is 0.450. The third-order valence-electron chi connectivity index (χ3n) is 1.28. The van der Waals surface area contributed by atoms with Crippen LogP contribution in [0, 0.1) is 6.07 Å². The number of nitrogens with zero attached hydrogens (tertiary/aromatic N) is 1. The first-order valence-corrected chi connectivity index (χ1v) is 3.62. The monoisotopic (exact) mass is 154 g/mol. The van der Waals surface area contributed by atoms with Crippen LogP contribution in [-0.2, 0) is 0 Å². The number of aromatic nitrogens is 1. The SMILES string of the molecule is CC(C)c1cc[c]c(Cl)n1. The fraction of sp³-hybridized carbons (Fsp3) is 0.375. The second kappa shape index (κ2) is 3.02. The Labute approximate surface area is 66.0 Å². The van der Waals surface area contributed by atoms with Crippen LogP contribution >= 0.6 is 11.6 Å². The molecule has 1 heterocycles. The Morgan fingerprint density at radius 2 is 2.30 bits per heavy atom. The maximum Gasteiger partial charge on any atom is 0.137 e. The van der Waals surface area contributed by atoms with Crippen molar-refractivity contribution in [3.05, 3.63) is 29.0 Å². The van der Waals surface area contributed by atoms with Gasteiger partial charge < -0.3 is 0 Å². The molecule has 1 radical (unpaired) electrons. The van der Waals surface area contributed by atoms with E-state index in [0.29, 0.717) is 11.1 Å². The van der Waals surface area contributed by atoms with Crippen LogP contribution in [0.15, 0.2) is 12.1 Å². The molecule has 10 heavy (non-hydrogen) atoms. The van der Waals surface area contributed by atoms with E-state index >= 15 is 0 Å². The van der Waals surface area contributed by atoms with Gasteiger partial charge in [0.05, 0.1) is 0 Å². The topological polar surface area (TPSA) is 12.9 Å². The zero-order chi connectivity index (χ0) is 7.56. The van der Waals surface area contributed by atoms with E-state index in [-0.39, 0.29) is 0 Å². The average Bonchev–Trinajstić information content (AvgIpc) is 1.88. The maximum atomic E-state index is 5.62. The molecule has 0 aromatic carbocycles. The molecule has 0 atom stereocenters. The van der Waals surface area contributed by atoms with Gasteiger partial charge in [-0.3, -0.25) is 0 Å². The molecule has 0 saturated carbocycles. The molecule has 0 spiro atoms. The smallest absolute Gasteiger partial charge is 0.137 e.